The van der Waals surface area contributed by atoms with Gasteiger partial charge in [0.05, 0.1) is 29.7 Å². The lowest BCUT2D eigenvalue weighted by molar-refractivity contribution is -0.384. The van der Waals surface area contributed by atoms with Crippen LogP contribution in [0.4, 0.5) is 11.4 Å². The van der Waals surface area contributed by atoms with Gasteiger partial charge in [-0.2, -0.15) is 0 Å². The van der Waals surface area contributed by atoms with Gasteiger partial charge < -0.3 is 14.8 Å². The Morgan fingerprint density at radius 2 is 2.14 bits per heavy atom. The number of ether oxygens (including phenoxy) is 2. The van der Waals surface area contributed by atoms with E-state index in [2.05, 4.69) is 5.32 Å². The van der Waals surface area contributed by atoms with Crippen molar-refractivity contribution in [2.45, 2.75) is 44.8 Å². The van der Waals surface area contributed by atoms with Crippen LogP contribution in [0.2, 0.25) is 0 Å². The van der Waals surface area contributed by atoms with Gasteiger partial charge in [0.15, 0.2) is 0 Å². The van der Waals surface area contributed by atoms with Crippen LogP contribution in [0.15, 0.2) is 18.2 Å². The number of nitrogens with one attached hydrogen (secondary N) is 1. The molecule has 1 aliphatic rings. The summed E-state index contributed by atoms with van der Waals surface area (Å²) in [6, 6.07) is 5.05. The molecule has 1 saturated carbocycles. The van der Waals surface area contributed by atoms with Gasteiger partial charge in [0, 0.05) is 7.11 Å². The second kappa shape index (κ2) is 7.26. The molecule has 0 spiro atoms. The Balaban J connectivity index is 2.19. The van der Waals surface area contributed by atoms with Gasteiger partial charge in [0.25, 0.3) is 5.69 Å². The number of hydrogen-bond acceptors (Lipinski definition) is 5. The summed E-state index contributed by atoms with van der Waals surface area (Å²) in [5.74, 6) is 0.515. The number of methoxy groups -OCH3 is 1. The van der Waals surface area contributed by atoms with Crippen LogP contribution in [-0.2, 0) is 4.74 Å². The van der Waals surface area contributed by atoms with Gasteiger partial charge in [0.2, 0.25) is 0 Å². The molecule has 0 saturated heterocycles. The molecule has 0 radical (unpaired) electrons. The standard InChI is InChI=1S/C15H22N2O4/c1-3-21-11-8-9-12(14(10-11)17(18)19)16-13-6-4-5-7-15(13)20-2/h8-10,13,15-16H,3-7H2,1-2H3. The van der Waals surface area contributed by atoms with E-state index in [1.807, 2.05) is 6.92 Å². The van der Waals surface area contributed by atoms with Gasteiger partial charge >= 0.3 is 0 Å². The fourth-order valence-electron chi connectivity index (χ4n) is 2.78. The lowest BCUT2D eigenvalue weighted by Crippen LogP contribution is -2.37. The smallest absolute Gasteiger partial charge is 0.296 e. The molecule has 6 nitrogen and oxygen atoms in total. The van der Waals surface area contributed by atoms with Crippen molar-refractivity contribution < 1.29 is 14.4 Å². The fraction of sp³-hybridized carbons (Fsp3) is 0.600. The summed E-state index contributed by atoms with van der Waals surface area (Å²) in [6.07, 6.45) is 4.30. The topological polar surface area (TPSA) is 73.6 Å². The Morgan fingerprint density at radius 1 is 1.38 bits per heavy atom. The van der Waals surface area contributed by atoms with Crippen LogP contribution in [0.1, 0.15) is 32.6 Å². The van der Waals surface area contributed by atoms with Crippen LogP contribution in [-0.4, -0.2) is 30.8 Å². The molecule has 21 heavy (non-hydrogen) atoms. The van der Waals surface area contributed by atoms with E-state index in [-0.39, 0.29) is 22.8 Å². The lowest BCUT2D eigenvalue weighted by atomic mass is 9.92. The zero-order valence-electron chi connectivity index (χ0n) is 12.5. The van der Waals surface area contributed by atoms with Gasteiger partial charge in [-0.3, -0.25) is 10.1 Å². The second-order valence-electron chi connectivity index (χ2n) is 5.18. The number of anilines is 1. The third-order valence-electron chi connectivity index (χ3n) is 3.82. The quantitative estimate of drug-likeness (QED) is 0.643. The van der Waals surface area contributed by atoms with E-state index in [9.17, 15) is 10.1 Å². The number of nitro groups is 1. The Labute approximate surface area is 124 Å². The van der Waals surface area contributed by atoms with Gasteiger partial charge in [-0.1, -0.05) is 12.8 Å². The molecular weight excluding hydrogens is 272 g/mol. The summed E-state index contributed by atoms with van der Waals surface area (Å²) in [6.45, 7) is 2.33. The van der Waals surface area contributed by atoms with E-state index < -0.39 is 0 Å². The summed E-state index contributed by atoms with van der Waals surface area (Å²) in [5.41, 5.74) is 0.568. The highest BCUT2D eigenvalue weighted by atomic mass is 16.6. The van der Waals surface area contributed by atoms with Crippen molar-refractivity contribution >= 4 is 11.4 Å². The monoisotopic (exact) mass is 294 g/mol. The first-order valence-electron chi connectivity index (χ1n) is 7.36. The molecule has 0 heterocycles. The molecule has 1 N–H and O–H groups in total. The average Bonchev–Trinajstić information content (AvgIpc) is 2.49. The summed E-state index contributed by atoms with van der Waals surface area (Å²) < 4.78 is 10.8. The van der Waals surface area contributed by atoms with Gasteiger partial charge in [-0.05, 0) is 31.9 Å². The van der Waals surface area contributed by atoms with Crippen LogP contribution in [0, 0.1) is 10.1 Å². The molecule has 1 aromatic carbocycles. The molecule has 2 unspecified atom stereocenters. The summed E-state index contributed by atoms with van der Waals surface area (Å²) in [4.78, 5) is 10.9. The van der Waals surface area contributed by atoms with Crippen molar-refractivity contribution in [2.75, 3.05) is 19.0 Å². The number of hydrogen-bond donors (Lipinski definition) is 1. The van der Waals surface area contributed by atoms with E-state index in [0.29, 0.717) is 18.0 Å². The highest BCUT2D eigenvalue weighted by Gasteiger charge is 2.27. The van der Waals surface area contributed by atoms with Crippen LogP contribution in [0.5, 0.6) is 5.75 Å². The fourth-order valence-corrected chi connectivity index (χ4v) is 2.78. The zero-order chi connectivity index (χ0) is 15.2. The molecule has 1 aromatic rings. The number of rotatable bonds is 6. The predicted molar refractivity (Wildman–Crippen MR) is 80.9 cm³/mol. The van der Waals surface area contributed by atoms with E-state index in [4.69, 9.17) is 9.47 Å². The number of nitrogens with zero attached hydrogens (tertiary/aromatic N) is 1. The molecule has 0 amide bonds. The molecule has 0 aromatic heterocycles. The van der Waals surface area contributed by atoms with E-state index in [1.165, 1.54) is 6.07 Å². The average molecular weight is 294 g/mol. The van der Waals surface area contributed by atoms with Crippen LogP contribution in [0.3, 0.4) is 0 Å². The van der Waals surface area contributed by atoms with Crippen molar-refractivity contribution in [1.82, 2.24) is 0 Å². The largest absolute Gasteiger partial charge is 0.494 e. The SMILES string of the molecule is CCOc1ccc(NC2CCCCC2OC)c([N+](=O)[O-])c1. The molecule has 6 heteroatoms. The maximum Gasteiger partial charge on any atom is 0.296 e. The molecule has 1 fully saturated rings. The third-order valence-corrected chi connectivity index (χ3v) is 3.82. The molecule has 116 valence electrons. The van der Waals surface area contributed by atoms with Crippen molar-refractivity contribution in [3.05, 3.63) is 28.3 Å². The molecule has 1 aliphatic carbocycles. The first kappa shape index (κ1) is 15.6. The van der Waals surface area contributed by atoms with Crippen molar-refractivity contribution in [3.63, 3.8) is 0 Å². The first-order valence-corrected chi connectivity index (χ1v) is 7.36. The Kier molecular flexibility index (Phi) is 5.38. The van der Waals surface area contributed by atoms with E-state index in [1.54, 1.807) is 19.2 Å². The van der Waals surface area contributed by atoms with E-state index >= 15 is 0 Å². The Bertz CT molecular complexity index is 493. The van der Waals surface area contributed by atoms with Gasteiger partial charge in [0.1, 0.15) is 11.4 Å². The summed E-state index contributed by atoms with van der Waals surface area (Å²) in [7, 11) is 1.69. The first-order chi connectivity index (χ1) is 10.2. The summed E-state index contributed by atoms with van der Waals surface area (Å²) in [5, 5.41) is 14.5. The Morgan fingerprint density at radius 3 is 2.81 bits per heavy atom. The molecule has 2 rings (SSSR count). The number of nitro benzene ring substituents is 1. The lowest BCUT2D eigenvalue weighted by Gasteiger charge is -2.31. The zero-order valence-corrected chi connectivity index (χ0v) is 12.5. The predicted octanol–water partition coefficient (Wildman–Crippen LogP) is 3.36. The van der Waals surface area contributed by atoms with Crippen LogP contribution < -0.4 is 10.1 Å². The minimum Gasteiger partial charge on any atom is -0.494 e. The molecular formula is C15H22N2O4. The van der Waals surface area contributed by atoms with Crippen LogP contribution >= 0.6 is 0 Å². The van der Waals surface area contributed by atoms with Crippen molar-refractivity contribution in [1.29, 1.82) is 0 Å². The molecule has 0 bridgehead atoms. The maximum atomic E-state index is 11.2. The molecule has 2 atom stereocenters. The van der Waals surface area contributed by atoms with E-state index in [0.717, 1.165) is 25.7 Å². The normalized spacial score (nSPS) is 21.8. The molecule has 0 aliphatic heterocycles. The van der Waals surface area contributed by atoms with Crippen LogP contribution in [0.25, 0.3) is 0 Å². The van der Waals surface area contributed by atoms with Crippen molar-refractivity contribution in [3.8, 4) is 5.75 Å². The summed E-state index contributed by atoms with van der Waals surface area (Å²) >= 11 is 0. The number of benzene rings is 1. The minimum absolute atomic E-state index is 0.0429. The van der Waals surface area contributed by atoms with Gasteiger partial charge in [-0.15, -0.1) is 0 Å². The van der Waals surface area contributed by atoms with Gasteiger partial charge in [-0.25, -0.2) is 0 Å². The second-order valence-corrected chi connectivity index (χ2v) is 5.18. The highest BCUT2D eigenvalue weighted by molar-refractivity contribution is 5.64. The van der Waals surface area contributed by atoms with Crippen molar-refractivity contribution in [2.24, 2.45) is 0 Å². The third kappa shape index (κ3) is 3.85. The Hall–Kier alpha value is -1.82. The maximum absolute atomic E-state index is 11.2. The highest BCUT2D eigenvalue weighted by Crippen LogP contribution is 2.32. The minimum atomic E-state index is -0.379.